The molecule has 11 nitrogen and oxygen atoms in total. The van der Waals surface area contributed by atoms with Crippen molar-refractivity contribution >= 4 is 23.2 Å². The summed E-state index contributed by atoms with van der Waals surface area (Å²) in [5, 5.41) is 54.5. The molecule has 0 aromatic heterocycles. The number of carbonyl (C=O) groups excluding carboxylic acids is 3. The predicted octanol–water partition coefficient (Wildman–Crippen LogP) is -1.47. The second-order valence-corrected chi connectivity index (χ2v) is 8.64. The van der Waals surface area contributed by atoms with E-state index in [9.17, 15) is 39.9 Å². The highest BCUT2D eigenvalue weighted by atomic mass is 16.3. The van der Waals surface area contributed by atoms with Crippen LogP contribution in [0.25, 0.3) is 5.76 Å². The third-order valence-electron chi connectivity index (χ3n) is 6.76. The Morgan fingerprint density at radius 3 is 2.34 bits per heavy atom. The van der Waals surface area contributed by atoms with Gasteiger partial charge in [-0.1, -0.05) is 12.1 Å². The maximum Gasteiger partial charge on any atom is 0.255 e. The van der Waals surface area contributed by atoms with E-state index in [0.717, 1.165) is 0 Å². The lowest BCUT2D eigenvalue weighted by Crippen LogP contribution is -2.67. The molecule has 0 unspecified atom stereocenters. The number of hydrogen-bond acceptors (Lipinski definition) is 10. The number of phenolic OH excluding ortho intramolecular Hbond substituents is 1. The zero-order chi connectivity index (χ0) is 23.9. The largest absolute Gasteiger partial charge is 0.508 e. The number of aliphatic hydroxyl groups is 4. The van der Waals surface area contributed by atoms with Gasteiger partial charge in [0.1, 0.15) is 28.6 Å². The lowest BCUT2D eigenvalue weighted by Gasteiger charge is -2.52. The van der Waals surface area contributed by atoms with E-state index in [1.807, 2.05) is 0 Å². The molecule has 32 heavy (non-hydrogen) atoms. The summed E-state index contributed by atoms with van der Waals surface area (Å²) in [6.45, 7) is 0. The molecule has 1 amide bonds. The number of nitrogens with two attached hydrogens (primary N) is 2. The Balaban J connectivity index is 2.05. The van der Waals surface area contributed by atoms with Crippen molar-refractivity contribution in [1.82, 2.24) is 4.90 Å². The molecule has 9 N–H and O–H groups in total. The molecule has 0 bridgehead atoms. The van der Waals surface area contributed by atoms with Crippen LogP contribution < -0.4 is 11.5 Å². The first kappa shape index (κ1) is 22.0. The van der Waals surface area contributed by atoms with Gasteiger partial charge >= 0.3 is 0 Å². The van der Waals surface area contributed by atoms with E-state index in [1.54, 1.807) is 0 Å². The van der Waals surface area contributed by atoms with Gasteiger partial charge in [0.25, 0.3) is 5.91 Å². The molecule has 5 atom stereocenters. The van der Waals surface area contributed by atoms with Gasteiger partial charge in [-0.15, -0.1) is 0 Å². The molecular formula is C21H23N3O8. The van der Waals surface area contributed by atoms with Crippen molar-refractivity contribution in [3.05, 3.63) is 46.2 Å². The summed E-state index contributed by atoms with van der Waals surface area (Å²) < 4.78 is 0. The average molecular weight is 445 g/mol. The van der Waals surface area contributed by atoms with Crippen molar-refractivity contribution in [1.29, 1.82) is 0 Å². The number of benzene rings is 1. The van der Waals surface area contributed by atoms with Crippen LogP contribution in [-0.2, 0) is 20.1 Å². The fourth-order valence-corrected chi connectivity index (χ4v) is 5.30. The van der Waals surface area contributed by atoms with Gasteiger partial charge in [-0.3, -0.25) is 25.0 Å². The van der Waals surface area contributed by atoms with Gasteiger partial charge in [-0.25, -0.2) is 0 Å². The highest BCUT2D eigenvalue weighted by Gasteiger charge is 2.66. The van der Waals surface area contributed by atoms with Gasteiger partial charge in [-0.05, 0) is 26.6 Å². The molecule has 1 aromatic rings. The summed E-state index contributed by atoms with van der Waals surface area (Å²) in [6, 6.07) is 2.70. The molecule has 0 spiro atoms. The lowest BCUT2D eigenvalue weighted by atomic mass is 9.56. The van der Waals surface area contributed by atoms with Gasteiger partial charge in [0.15, 0.2) is 11.4 Å². The summed E-state index contributed by atoms with van der Waals surface area (Å²) in [7, 11) is 2.94. The van der Waals surface area contributed by atoms with Gasteiger partial charge in [0.2, 0.25) is 5.78 Å². The minimum absolute atomic E-state index is 0.0527. The molecule has 1 fully saturated rings. The second-order valence-electron chi connectivity index (χ2n) is 8.64. The number of amides is 1. The molecule has 170 valence electrons. The zero-order valence-corrected chi connectivity index (χ0v) is 17.2. The van der Waals surface area contributed by atoms with Crippen LogP contribution in [0, 0.1) is 11.8 Å². The number of Topliss-reactive ketones (excluding diaryl/α,β-unsaturated/α-hetero) is 2. The molecule has 0 saturated heterocycles. The summed E-state index contributed by atoms with van der Waals surface area (Å²) in [6.07, 6.45) is -0.325. The van der Waals surface area contributed by atoms with E-state index in [1.165, 1.54) is 37.2 Å². The molecule has 1 saturated carbocycles. The number of carbonyl (C=O) groups is 3. The number of fused-ring (bicyclic) bond motifs is 3. The smallest absolute Gasteiger partial charge is 0.255 e. The lowest BCUT2D eigenvalue weighted by molar-refractivity contribution is -0.159. The molecule has 4 rings (SSSR count). The molecule has 3 aliphatic carbocycles. The first-order chi connectivity index (χ1) is 14.8. The number of nitrogens with zero attached hydrogens (tertiary/aromatic N) is 1. The normalized spacial score (nSPS) is 34.4. The quantitative estimate of drug-likeness (QED) is 0.207. The molecule has 0 radical (unpaired) electrons. The first-order valence-electron chi connectivity index (χ1n) is 9.76. The van der Waals surface area contributed by atoms with Crippen molar-refractivity contribution in [2.45, 2.75) is 23.8 Å². The van der Waals surface area contributed by atoms with Crippen LogP contribution in [0.5, 0.6) is 5.75 Å². The summed E-state index contributed by atoms with van der Waals surface area (Å²) in [5.41, 5.74) is 4.56. The van der Waals surface area contributed by atoms with Crippen molar-refractivity contribution < 1.29 is 39.9 Å². The van der Waals surface area contributed by atoms with E-state index in [2.05, 4.69) is 0 Å². The van der Waals surface area contributed by atoms with Gasteiger partial charge in [-0.2, -0.15) is 0 Å². The van der Waals surface area contributed by atoms with E-state index in [0.29, 0.717) is 0 Å². The number of aliphatic hydroxyl groups excluding tert-OH is 2. The Morgan fingerprint density at radius 2 is 1.78 bits per heavy atom. The van der Waals surface area contributed by atoms with E-state index in [4.69, 9.17) is 11.5 Å². The Morgan fingerprint density at radius 1 is 1.16 bits per heavy atom. The molecule has 3 aliphatic rings. The Kier molecular flexibility index (Phi) is 4.55. The fourth-order valence-electron chi connectivity index (χ4n) is 5.30. The average Bonchev–Trinajstić information content (AvgIpc) is 2.68. The predicted molar refractivity (Wildman–Crippen MR) is 109 cm³/mol. The van der Waals surface area contributed by atoms with Crippen molar-refractivity contribution in [3.63, 3.8) is 0 Å². The number of primary amides is 1. The van der Waals surface area contributed by atoms with Crippen LogP contribution in [-0.4, -0.2) is 73.6 Å². The maximum absolute atomic E-state index is 13.6. The Hall–Kier alpha value is -3.25. The SMILES string of the molecule is CN(C)[C@@H]1C(=O)C(C(N)=O)=C(O)[C@@]2(O)C(=O)C3=C(O)c4c(O)cccc4[C@](N)(O)[C@H]3C[C@@H]12. The number of phenols is 1. The van der Waals surface area contributed by atoms with Crippen LogP contribution in [0.15, 0.2) is 35.1 Å². The van der Waals surface area contributed by atoms with Crippen molar-refractivity contribution in [2.24, 2.45) is 23.3 Å². The zero-order valence-electron chi connectivity index (χ0n) is 17.2. The van der Waals surface area contributed by atoms with Crippen molar-refractivity contribution in [3.8, 4) is 5.75 Å². The van der Waals surface area contributed by atoms with Crippen molar-refractivity contribution in [2.75, 3.05) is 14.1 Å². The number of ketones is 2. The summed E-state index contributed by atoms with van der Waals surface area (Å²) >= 11 is 0. The van der Waals surface area contributed by atoms with Crippen LogP contribution in [0.4, 0.5) is 0 Å². The minimum atomic E-state index is -2.80. The topological polar surface area (TPSA) is 208 Å². The fraction of sp³-hybridized carbons (Fsp3) is 0.381. The first-order valence-corrected chi connectivity index (χ1v) is 9.76. The van der Waals surface area contributed by atoms with Gasteiger partial charge in [0.05, 0.1) is 11.6 Å². The second kappa shape index (κ2) is 6.62. The highest BCUT2D eigenvalue weighted by Crippen LogP contribution is 2.55. The van der Waals surface area contributed by atoms with Crippen LogP contribution in [0.1, 0.15) is 17.5 Å². The minimum Gasteiger partial charge on any atom is -0.508 e. The van der Waals surface area contributed by atoms with E-state index >= 15 is 0 Å². The number of hydrogen-bond donors (Lipinski definition) is 7. The van der Waals surface area contributed by atoms with Crippen LogP contribution in [0.2, 0.25) is 0 Å². The number of likely N-dealkylation sites (N-methyl/N-ethyl adjacent to an activating group) is 1. The number of aromatic hydroxyl groups is 1. The molecule has 11 heteroatoms. The molecule has 1 aromatic carbocycles. The standard InChI is InChI=1S/C21H23N3O8/c1-24(2)14-9-6-8-12(15(26)11-7(21(8,23)32)4-3-5-10(11)25)17(28)20(9,31)18(29)13(16(14)27)19(22)30/h3-5,8-9,14,25-26,29,31-32H,6,23H2,1-2H3,(H2,22,30)/t8-,9-,14-,20-,21-/m0/s1. The Labute approximate surface area is 181 Å². The van der Waals surface area contributed by atoms with E-state index < -0.39 is 75.1 Å². The molecular weight excluding hydrogens is 422 g/mol. The number of rotatable bonds is 2. The van der Waals surface area contributed by atoms with Gasteiger partial charge < -0.3 is 31.3 Å². The van der Waals surface area contributed by atoms with Crippen LogP contribution in [0.3, 0.4) is 0 Å². The summed E-state index contributed by atoms with van der Waals surface area (Å²) in [4.78, 5) is 39.8. The monoisotopic (exact) mass is 445 g/mol. The van der Waals surface area contributed by atoms with Gasteiger partial charge in [0, 0.05) is 23.0 Å². The molecule has 0 heterocycles. The maximum atomic E-state index is 13.6. The Bertz CT molecular complexity index is 1150. The third kappa shape index (κ3) is 2.47. The highest BCUT2D eigenvalue weighted by molar-refractivity contribution is 6.24. The summed E-state index contributed by atoms with van der Waals surface area (Å²) in [5.74, 6) is -8.55. The molecule has 0 aliphatic heterocycles. The van der Waals surface area contributed by atoms with E-state index in [-0.39, 0.29) is 17.5 Å². The van der Waals surface area contributed by atoms with Crippen LogP contribution >= 0.6 is 0 Å². The third-order valence-corrected chi connectivity index (χ3v) is 6.76.